The van der Waals surface area contributed by atoms with Crippen molar-refractivity contribution in [2.75, 3.05) is 25.7 Å². The molecule has 0 aromatic heterocycles. The van der Waals surface area contributed by atoms with E-state index in [0.717, 1.165) is 5.69 Å². The fraction of sp³-hybridized carbons (Fsp3) is 0.333. The maximum Gasteiger partial charge on any atom is 0.124 e. The zero-order valence-corrected chi connectivity index (χ0v) is 13.3. The highest BCUT2D eigenvalue weighted by Crippen LogP contribution is 2.25. The number of nitrogen functional groups attached to an aromatic ring is 2. The van der Waals surface area contributed by atoms with E-state index in [4.69, 9.17) is 20.9 Å². The molecule has 0 atom stereocenters. The van der Waals surface area contributed by atoms with E-state index in [9.17, 15) is 0 Å². The third-order valence-electron chi connectivity index (χ3n) is 3.81. The first-order valence-electron chi connectivity index (χ1n) is 7.49. The molecular weight excluding hydrogens is 276 g/mol. The van der Waals surface area contributed by atoms with Gasteiger partial charge in [0, 0.05) is 29.6 Å². The lowest BCUT2D eigenvalue weighted by molar-refractivity contribution is 0.395. The summed E-state index contributed by atoms with van der Waals surface area (Å²) in [4.78, 5) is 0. The molecule has 0 heterocycles. The number of fused-ring (bicyclic) bond motifs is 1. The number of rotatable bonds is 2. The molecule has 2 aromatic carbocycles. The molecule has 4 N–H and O–H groups in total. The van der Waals surface area contributed by atoms with Gasteiger partial charge in [-0.15, -0.1) is 0 Å². The summed E-state index contributed by atoms with van der Waals surface area (Å²) in [5, 5.41) is 0. The molecule has 1 aliphatic rings. The Balaban J connectivity index is 0.000000160. The van der Waals surface area contributed by atoms with E-state index in [1.165, 1.54) is 36.8 Å². The van der Waals surface area contributed by atoms with E-state index >= 15 is 0 Å². The van der Waals surface area contributed by atoms with Crippen LogP contribution in [0.1, 0.15) is 24.0 Å². The van der Waals surface area contributed by atoms with Crippen LogP contribution in [0.2, 0.25) is 0 Å². The molecule has 2 aromatic rings. The minimum atomic E-state index is 0.640. The molecule has 4 nitrogen and oxygen atoms in total. The zero-order valence-electron chi connectivity index (χ0n) is 13.3. The lowest BCUT2D eigenvalue weighted by atomic mass is 9.91. The van der Waals surface area contributed by atoms with Gasteiger partial charge in [-0.05, 0) is 42.9 Å². The monoisotopic (exact) mass is 300 g/mol. The molecule has 0 aliphatic heterocycles. The summed E-state index contributed by atoms with van der Waals surface area (Å²) in [6.07, 6.45) is 5.04. The van der Waals surface area contributed by atoms with Crippen LogP contribution in [-0.4, -0.2) is 14.2 Å². The molecule has 0 radical (unpaired) electrons. The average molecular weight is 300 g/mol. The lowest BCUT2D eigenvalue weighted by Gasteiger charge is -2.16. The van der Waals surface area contributed by atoms with Crippen molar-refractivity contribution in [1.29, 1.82) is 0 Å². The van der Waals surface area contributed by atoms with E-state index in [2.05, 4.69) is 12.1 Å². The Morgan fingerprint density at radius 2 is 1.50 bits per heavy atom. The molecule has 0 unspecified atom stereocenters. The van der Waals surface area contributed by atoms with Gasteiger partial charge >= 0.3 is 0 Å². The van der Waals surface area contributed by atoms with E-state index in [1.54, 1.807) is 32.4 Å². The maximum absolute atomic E-state index is 5.84. The van der Waals surface area contributed by atoms with Gasteiger partial charge in [-0.2, -0.15) is 0 Å². The highest BCUT2D eigenvalue weighted by molar-refractivity contribution is 5.52. The summed E-state index contributed by atoms with van der Waals surface area (Å²) < 4.78 is 9.96. The Labute approximate surface area is 132 Å². The summed E-state index contributed by atoms with van der Waals surface area (Å²) in [5.41, 5.74) is 15.9. The highest BCUT2D eigenvalue weighted by atomic mass is 16.5. The van der Waals surface area contributed by atoms with Crippen LogP contribution >= 0.6 is 0 Å². The molecule has 118 valence electrons. The third-order valence-corrected chi connectivity index (χ3v) is 3.81. The molecule has 4 heteroatoms. The van der Waals surface area contributed by atoms with Crippen molar-refractivity contribution >= 4 is 11.4 Å². The Kier molecular flexibility index (Phi) is 5.53. The van der Waals surface area contributed by atoms with Crippen LogP contribution in [-0.2, 0) is 12.8 Å². The second kappa shape index (κ2) is 7.59. The van der Waals surface area contributed by atoms with E-state index in [-0.39, 0.29) is 0 Å². The van der Waals surface area contributed by atoms with Crippen LogP contribution in [0.25, 0.3) is 0 Å². The predicted octanol–water partition coefficient (Wildman–Crippen LogP) is 3.43. The van der Waals surface area contributed by atoms with Gasteiger partial charge in [-0.3, -0.25) is 0 Å². The fourth-order valence-electron chi connectivity index (χ4n) is 2.64. The normalized spacial score (nSPS) is 12.6. The summed E-state index contributed by atoms with van der Waals surface area (Å²) in [6, 6.07) is 11.5. The number of ether oxygens (including phenoxy) is 2. The van der Waals surface area contributed by atoms with Gasteiger partial charge < -0.3 is 20.9 Å². The molecule has 0 spiro atoms. The van der Waals surface area contributed by atoms with Crippen molar-refractivity contribution in [2.45, 2.75) is 25.7 Å². The third kappa shape index (κ3) is 4.07. The summed E-state index contributed by atoms with van der Waals surface area (Å²) in [7, 11) is 3.18. The van der Waals surface area contributed by atoms with Crippen LogP contribution < -0.4 is 20.9 Å². The maximum atomic E-state index is 5.84. The molecule has 22 heavy (non-hydrogen) atoms. The van der Waals surface area contributed by atoms with Gasteiger partial charge in [0.15, 0.2) is 0 Å². The minimum absolute atomic E-state index is 0.640. The van der Waals surface area contributed by atoms with Gasteiger partial charge in [0.2, 0.25) is 0 Å². The highest BCUT2D eigenvalue weighted by Gasteiger charge is 2.10. The van der Waals surface area contributed by atoms with Gasteiger partial charge in [0.1, 0.15) is 11.5 Å². The van der Waals surface area contributed by atoms with Crippen LogP contribution in [0.15, 0.2) is 36.4 Å². The average Bonchev–Trinajstić information content (AvgIpc) is 2.55. The molecular formula is C18H24N2O2. The fourth-order valence-corrected chi connectivity index (χ4v) is 2.64. The number of benzene rings is 2. The van der Waals surface area contributed by atoms with Gasteiger partial charge in [0.05, 0.1) is 14.2 Å². The van der Waals surface area contributed by atoms with E-state index < -0.39 is 0 Å². The lowest BCUT2D eigenvalue weighted by Crippen LogP contribution is -2.05. The molecule has 0 saturated heterocycles. The number of hydrogen-bond acceptors (Lipinski definition) is 4. The van der Waals surface area contributed by atoms with Crippen LogP contribution in [0, 0.1) is 0 Å². The SMILES string of the molecule is COc1cc(N)cc(OC)c1.Nc1cccc2c1CCCC2. The Bertz CT molecular complexity index is 604. The van der Waals surface area contributed by atoms with Crippen molar-refractivity contribution < 1.29 is 9.47 Å². The van der Waals surface area contributed by atoms with Crippen molar-refractivity contribution in [2.24, 2.45) is 0 Å². The number of methoxy groups -OCH3 is 2. The number of nitrogens with two attached hydrogens (primary N) is 2. The van der Waals surface area contributed by atoms with Crippen molar-refractivity contribution in [1.82, 2.24) is 0 Å². The standard InChI is InChI=1S/C10H13N.C8H11NO2/c11-10-7-3-5-8-4-1-2-6-9(8)10;1-10-7-3-6(9)4-8(5-7)11-2/h3,5,7H,1-2,4,6,11H2;3-5H,9H2,1-2H3. The smallest absolute Gasteiger partial charge is 0.124 e. The van der Waals surface area contributed by atoms with Crippen molar-refractivity contribution in [3.8, 4) is 11.5 Å². The quantitative estimate of drug-likeness (QED) is 0.834. The van der Waals surface area contributed by atoms with Gasteiger partial charge in [-0.25, -0.2) is 0 Å². The largest absolute Gasteiger partial charge is 0.497 e. The van der Waals surface area contributed by atoms with Crippen molar-refractivity contribution in [3.05, 3.63) is 47.5 Å². The Morgan fingerprint density at radius 3 is 2.09 bits per heavy atom. The first-order valence-corrected chi connectivity index (χ1v) is 7.49. The molecule has 0 saturated carbocycles. The number of anilines is 2. The van der Waals surface area contributed by atoms with Gasteiger partial charge in [0.25, 0.3) is 0 Å². The van der Waals surface area contributed by atoms with Crippen LogP contribution in [0.4, 0.5) is 11.4 Å². The number of aryl methyl sites for hydroxylation is 1. The molecule has 0 amide bonds. The summed E-state index contributed by atoms with van der Waals surface area (Å²) in [6.45, 7) is 0. The van der Waals surface area contributed by atoms with Gasteiger partial charge in [-0.1, -0.05) is 12.1 Å². The Morgan fingerprint density at radius 1 is 0.864 bits per heavy atom. The minimum Gasteiger partial charge on any atom is -0.497 e. The predicted molar refractivity (Wildman–Crippen MR) is 91.5 cm³/mol. The van der Waals surface area contributed by atoms with E-state index in [1.807, 2.05) is 6.07 Å². The first kappa shape index (κ1) is 16.0. The molecule has 0 fully saturated rings. The summed E-state index contributed by atoms with van der Waals surface area (Å²) in [5.74, 6) is 1.42. The molecule has 3 rings (SSSR count). The van der Waals surface area contributed by atoms with Crippen molar-refractivity contribution in [3.63, 3.8) is 0 Å². The molecule has 1 aliphatic carbocycles. The molecule has 0 bridgehead atoms. The zero-order chi connectivity index (χ0) is 15.9. The topological polar surface area (TPSA) is 70.5 Å². The first-order chi connectivity index (χ1) is 10.6. The second-order valence-corrected chi connectivity index (χ2v) is 5.34. The van der Waals surface area contributed by atoms with Crippen LogP contribution in [0.5, 0.6) is 11.5 Å². The Hall–Kier alpha value is -2.36. The summed E-state index contributed by atoms with van der Waals surface area (Å²) >= 11 is 0. The second-order valence-electron chi connectivity index (χ2n) is 5.34. The van der Waals surface area contributed by atoms with E-state index in [0.29, 0.717) is 17.2 Å². The van der Waals surface area contributed by atoms with Crippen LogP contribution in [0.3, 0.4) is 0 Å². The number of hydrogen-bond donors (Lipinski definition) is 2.